The molecule has 0 amide bonds. The van der Waals surface area contributed by atoms with Crippen LogP contribution in [0, 0.1) is 18.3 Å². The molecule has 0 spiro atoms. The minimum Gasteiger partial charge on any atom is -0.345 e. The molecule has 0 atom stereocenters. The van der Waals surface area contributed by atoms with Crippen LogP contribution in [0.25, 0.3) is 11.0 Å². The number of aromatic amines is 1. The summed E-state index contributed by atoms with van der Waals surface area (Å²) in [5.74, 6) is 0. The molecule has 0 unspecified atom stereocenters. The van der Waals surface area contributed by atoms with Crippen LogP contribution in [0.2, 0.25) is 0 Å². The first-order valence-electron chi connectivity index (χ1n) is 4.10. The Morgan fingerprint density at radius 2 is 2.43 bits per heavy atom. The molecule has 0 saturated heterocycles. The molecule has 2 heterocycles. The van der Waals surface area contributed by atoms with Gasteiger partial charge < -0.3 is 4.98 Å². The lowest BCUT2D eigenvalue weighted by molar-refractivity contribution is 0.112. The standard InChI is InChI=1S/C10H7N3O/c1-6-7(2-11)3-12-10-9(6)8(5-14)4-13-10/h3-5H,1H3,(H,12,13). The van der Waals surface area contributed by atoms with Crippen LogP contribution in [0.3, 0.4) is 0 Å². The van der Waals surface area contributed by atoms with Crippen LogP contribution >= 0.6 is 0 Å². The molecule has 0 aliphatic rings. The summed E-state index contributed by atoms with van der Waals surface area (Å²) >= 11 is 0. The summed E-state index contributed by atoms with van der Waals surface area (Å²) in [5, 5.41) is 9.53. The molecule has 2 aromatic heterocycles. The quantitative estimate of drug-likeness (QED) is 0.685. The van der Waals surface area contributed by atoms with Gasteiger partial charge in [0.1, 0.15) is 11.7 Å². The van der Waals surface area contributed by atoms with Gasteiger partial charge in [0.2, 0.25) is 0 Å². The second-order valence-electron chi connectivity index (χ2n) is 2.99. The maximum absolute atomic E-state index is 10.7. The van der Waals surface area contributed by atoms with Crippen molar-refractivity contribution >= 4 is 17.3 Å². The fourth-order valence-corrected chi connectivity index (χ4v) is 1.49. The Labute approximate surface area is 80.2 Å². The van der Waals surface area contributed by atoms with E-state index in [1.165, 1.54) is 6.20 Å². The molecule has 0 fully saturated rings. The molecule has 0 aromatic carbocycles. The molecule has 0 aliphatic carbocycles. The molecule has 2 rings (SSSR count). The normalized spacial score (nSPS) is 10.0. The molecule has 0 aliphatic heterocycles. The average molecular weight is 185 g/mol. The molecule has 68 valence electrons. The third-order valence-electron chi connectivity index (χ3n) is 2.24. The zero-order valence-corrected chi connectivity index (χ0v) is 7.53. The molecule has 4 heteroatoms. The zero-order valence-electron chi connectivity index (χ0n) is 7.53. The van der Waals surface area contributed by atoms with Crippen LogP contribution in [0.5, 0.6) is 0 Å². The highest BCUT2D eigenvalue weighted by molar-refractivity contribution is 5.98. The van der Waals surface area contributed by atoms with Gasteiger partial charge in [0.25, 0.3) is 0 Å². The fourth-order valence-electron chi connectivity index (χ4n) is 1.49. The number of H-pyrrole nitrogens is 1. The van der Waals surface area contributed by atoms with Gasteiger partial charge in [0, 0.05) is 23.3 Å². The van der Waals surface area contributed by atoms with Gasteiger partial charge in [-0.25, -0.2) is 4.98 Å². The number of aromatic nitrogens is 2. The number of hydrogen-bond acceptors (Lipinski definition) is 3. The number of hydrogen-bond donors (Lipinski definition) is 1. The van der Waals surface area contributed by atoms with Gasteiger partial charge in [-0.05, 0) is 12.5 Å². The first kappa shape index (κ1) is 8.45. The van der Waals surface area contributed by atoms with Gasteiger partial charge in [-0.3, -0.25) is 4.79 Å². The number of pyridine rings is 1. The number of fused-ring (bicyclic) bond motifs is 1. The SMILES string of the molecule is Cc1c(C#N)cnc2[nH]cc(C=O)c12. The summed E-state index contributed by atoms with van der Waals surface area (Å²) in [5.41, 5.74) is 2.48. The van der Waals surface area contributed by atoms with Crippen LogP contribution in [0.15, 0.2) is 12.4 Å². The summed E-state index contributed by atoms with van der Waals surface area (Å²) in [6.07, 6.45) is 3.86. The van der Waals surface area contributed by atoms with E-state index in [1.54, 1.807) is 6.20 Å². The second kappa shape index (κ2) is 2.96. The van der Waals surface area contributed by atoms with Crippen molar-refractivity contribution in [3.63, 3.8) is 0 Å². The number of carbonyl (C=O) groups is 1. The van der Waals surface area contributed by atoms with Crippen molar-refractivity contribution in [3.05, 3.63) is 29.1 Å². The van der Waals surface area contributed by atoms with E-state index in [0.29, 0.717) is 16.8 Å². The number of rotatable bonds is 1. The van der Waals surface area contributed by atoms with Crippen LogP contribution in [-0.4, -0.2) is 16.3 Å². The summed E-state index contributed by atoms with van der Waals surface area (Å²) in [6.45, 7) is 1.81. The number of carbonyl (C=O) groups excluding carboxylic acids is 1. The summed E-state index contributed by atoms with van der Waals surface area (Å²) < 4.78 is 0. The molecule has 14 heavy (non-hydrogen) atoms. The predicted octanol–water partition coefficient (Wildman–Crippen LogP) is 1.56. The Balaban J connectivity index is 2.92. The smallest absolute Gasteiger partial charge is 0.152 e. The van der Waals surface area contributed by atoms with E-state index in [0.717, 1.165) is 17.2 Å². The first-order valence-corrected chi connectivity index (χ1v) is 4.10. The zero-order chi connectivity index (χ0) is 10.1. The maximum Gasteiger partial charge on any atom is 0.152 e. The number of nitrogens with one attached hydrogen (secondary N) is 1. The number of aldehydes is 1. The maximum atomic E-state index is 10.7. The number of aryl methyl sites for hydroxylation is 1. The summed E-state index contributed by atoms with van der Waals surface area (Å²) in [7, 11) is 0. The summed E-state index contributed by atoms with van der Waals surface area (Å²) in [4.78, 5) is 17.6. The highest BCUT2D eigenvalue weighted by Crippen LogP contribution is 2.21. The lowest BCUT2D eigenvalue weighted by Crippen LogP contribution is -1.88. The van der Waals surface area contributed by atoms with Gasteiger partial charge in [-0.1, -0.05) is 0 Å². The van der Waals surface area contributed by atoms with Crippen molar-refractivity contribution in [2.75, 3.05) is 0 Å². The lowest BCUT2D eigenvalue weighted by atomic mass is 10.1. The Kier molecular flexibility index (Phi) is 1.79. The molecular formula is C10H7N3O. The van der Waals surface area contributed by atoms with Gasteiger partial charge in [0.15, 0.2) is 6.29 Å². The van der Waals surface area contributed by atoms with E-state index in [1.807, 2.05) is 13.0 Å². The van der Waals surface area contributed by atoms with Crippen molar-refractivity contribution in [2.24, 2.45) is 0 Å². The Hall–Kier alpha value is -2.15. The van der Waals surface area contributed by atoms with Crippen molar-refractivity contribution in [1.82, 2.24) is 9.97 Å². The Morgan fingerprint density at radius 3 is 3.07 bits per heavy atom. The average Bonchev–Trinajstić information content (AvgIpc) is 2.62. The molecule has 0 saturated carbocycles. The van der Waals surface area contributed by atoms with E-state index < -0.39 is 0 Å². The van der Waals surface area contributed by atoms with Crippen molar-refractivity contribution < 1.29 is 4.79 Å². The van der Waals surface area contributed by atoms with Crippen LogP contribution < -0.4 is 0 Å². The molecule has 2 aromatic rings. The van der Waals surface area contributed by atoms with E-state index in [4.69, 9.17) is 5.26 Å². The highest BCUT2D eigenvalue weighted by atomic mass is 16.1. The van der Waals surface area contributed by atoms with E-state index in [2.05, 4.69) is 9.97 Å². The van der Waals surface area contributed by atoms with Gasteiger partial charge >= 0.3 is 0 Å². The third-order valence-corrected chi connectivity index (χ3v) is 2.24. The molecule has 4 nitrogen and oxygen atoms in total. The molecule has 1 N–H and O–H groups in total. The van der Waals surface area contributed by atoms with Crippen LogP contribution in [0.1, 0.15) is 21.5 Å². The minimum absolute atomic E-state index is 0.500. The monoisotopic (exact) mass is 185 g/mol. The summed E-state index contributed by atoms with van der Waals surface area (Å²) in [6, 6.07) is 2.04. The van der Waals surface area contributed by atoms with E-state index in [9.17, 15) is 4.79 Å². The Bertz CT molecular complexity index is 548. The highest BCUT2D eigenvalue weighted by Gasteiger charge is 2.09. The number of nitriles is 1. The van der Waals surface area contributed by atoms with Crippen LogP contribution in [0.4, 0.5) is 0 Å². The lowest BCUT2D eigenvalue weighted by Gasteiger charge is -1.98. The Morgan fingerprint density at radius 1 is 1.64 bits per heavy atom. The second-order valence-corrected chi connectivity index (χ2v) is 2.99. The van der Waals surface area contributed by atoms with Crippen molar-refractivity contribution in [2.45, 2.75) is 6.92 Å². The van der Waals surface area contributed by atoms with Crippen molar-refractivity contribution in [3.8, 4) is 6.07 Å². The predicted molar refractivity (Wildman–Crippen MR) is 50.9 cm³/mol. The molecule has 0 bridgehead atoms. The van der Waals surface area contributed by atoms with Crippen molar-refractivity contribution in [1.29, 1.82) is 5.26 Å². The van der Waals surface area contributed by atoms with E-state index in [-0.39, 0.29) is 0 Å². The largest absolute Gasteiger partial charge is 0.345 e. The van der Waals surface area contributed by atoms with E-state index >= 15 is 0 Å². The number of nitrogens with zero attached hydrogens (tertiary/aromatic N) is 2. The van der Waals surface area contributed by atoms with Crippen LogP contribution in [-0.2, 0) is 0 Å². The van der Waals surface area contributed by atoms with Gasteiger partial charge in [-0.2, -0.15) is 5.26 Å². The minimum atomic E-state index is 0.500. The topological polar surface area (TPSA) is 69.5 Å². The first-order chi connectivity index (χ1) is 6.77. The van der Waals surface area contributed by atoms with Gasteiger partial charge in [0.05, 0.1) is 5.56 Å². The molecule has 0 radical (unpaired) electrons. The molecular weight excluding hydrogens is 178 g/mol. The third kappa shape index (κ3) is 0.995. The van der Waals surface area contributed by atoms with Gasteiger partial charge in [-0.15, -0.1) is 0 Å². The fraction of sp³-hybridized carbons (Fsp3) is 0.100.